The minimum Gasteiger partial charge on any atom is -0.480 e. The van der Waals surface area contributed by atoms with E-state index < -0.39 is 17.9 Å². The number of nitrogens with zero attached hydrogens (tertiary/aromatic N) is 1. The van der Waals surface area contributed by atoms with Crippen molar-refractivity contribution in [2.24, 2.45) is 0 Å². The molecule has 3 N–H and O–H groups in total. The fraction of sp³-hybridized carbons (Fsp3) is 0.286. The van der Waals surface area contributed by atoms with Gasteiger partial charge in [0.05, 0.1) is 4.88 Å². The van der Waals surface area contributed by atoms with Crippen LogP contribution in [0.15, 0.2) is 47.8 Å². The topological polar surface area (TPSA) is 116 Å². The highest BCUT2D eigenvalue weighted by molar-refractivity contribution is 7.12. The third-order valence-corrected chi connectivity index (χ3v) is 7.57. The van der Waals surface area contributed by atoms with E-state index in [0.717, 1.165) is 22.3 Å². The molecule has 1 atom stereocenters. The van der Waals surface area contributed by atoms with Crippen LogP contribution >= 0.6 is 11.3 Å². The predicted octanol–water partition coefficient (Wildman–Crippen LogP) is 3.48. The van der Waals surface area contributed by atoms with Crippen LogP contribution < -0.4 is 10.6 Å². The van der Waals surface area contributed by atoms with Crippen LogP contribution in [-0.4, -0.2) is 52.8 Å². The van der Waals surface area contributed by atoms with Gasteiger partial charge in [0.2, 0.25) is 0 Å². The number of benzene rings is 2. The number of aliphatic carboxylic acids is 1. The summed E-state index contributed by atoms with van der Waals surface area (Å²) in [6.07, 6.45) is 0.596. The van der Waals surface area contributed by atoms with Gasteiger partial charge in [-0.2, -0.15) is 0 Å². The lowest BCUT2D eigenvalue weighted by Crippen LogP contribution is -2.48. The zero-order chi connectivity index (χ0) is 26.7. The fourth-order valence-electron chi connectivity index (χ4n) is 4.75. The molecule has 8 nitrogen and oxygen atoms in total. The van der Waals surface area contributed by atoms with E-state index in [2.05, 4.69) is 10.6 Å². The molecule has 0 fully saturated rings. The van der Waals surface area contributed by atoms with Crippen molar-refractivity contribution in [2.45, 2.75) is 39.8 Å². The van der Waals surface area contributed by atoms with Gasteiger partial charge < -0.3 is 20.6 Å². The van der Waals surface area contributed by atoms with Crippen LogP contribution in [0.5, 0.6) is 0 Å². The summed E-state index contributed by atoms with van der Waals surface area (Å²) in [6.45, 7) is 6.31. The Labute approximate surface area is 219 Å². The van der Waals surface area contributed by atoms with E-state index >= 15 is 0 Å². The first-order valence-electron chi connectivity index (χ1n) is 12.0. The first kappa shape index (κ1) is 26.1. The summed E-state index contributed by atoms with van der Waals surface area (Å²) < 4.78 is 0. The number of nitrogens with one attached hydrogen (secondary N) is 2. The van der Waals surface area contributed by atoms with E-state index in [1.54, 1.807) is 24.4 Å². The fourth-order valence-corrected chi connectivity index (χ4v) is 5.39. The van der Waals surface area contributed by atoms with Gasteiger partial charge in [-0.1, -0.05) is 30.3 Å². The Kier molecular flexibility index (Phi) is 7.73. The molecule has 2 heterocycles. The molecule has 4 rings (SSSR count). The number of carbonyl (C=O) groups excluding carboxylic acids is 3. The normalized spacial score (nSPS) is 13.4. The Morgan fingerprint density at radius 3 is 2.46 bits per heavy atom. The Morgan fingerprint density at radius 1 is 1.03 bits per heavy atom. The highest BCUT2D eigenvalue weighted by Crippen LogP contribution is 2.29. The third-order valence-electron chi connectivity index (χ3n) is 6.70. The van der Waals surface area contributed by atoms with Gasteiger partial charge in [0.1, 0.15) is 6.04 Å². The highest BCUT2D eigenvalue weighted by Gasteiger charge is 2.28. The number of hydrogen-bond donors (Lipinski definition) is 3. The largest absolute Gasteiger partial charge is 0.480 e. The minimum atomic E-state index is -1.28. The molecule has 9 heteroatoms. The molecule has 3 aromatic rings. The molecule has 0 radical (unpaired) electrons. The van der Waals surface area contributed by atoms with Gasteiger partial charge in [0.25, 0.3) is 17.7 Å². The van der Waals surface area contributed by atoms with Gasteiger partial charge >= 0.3 is 5.97 Å². The van der Waals surface area contributed by atoms with Crippen molar-refractivity contribution in [2.75, 3.05) is 13.1 Å². The average Bonchev–Trinajstić information content (AvgIpc) is 3.41. The first-order chi connectivity index (χ1) is 17.7. The monoisotopic (exact) mass is 519 g/mol. The summed E-state index contributed by atoms with van der Waals surface area (Å²) in [5.74, 6) is -2.15. The lowest BCUT2D eigenvalue weighted by molar-refractivity contribution is -0.139. The van der Waals surface area contributed by atoms with Crippen molar-refractivity contribution in [3.05, 3.63) is 91.7 Å². The molecule has 0 unspecified atom stereocenters. The number of carbonyl (C=O) groups is 4. The summed E-state index contributed by atoms with van der Waals surface area (Å²) >= 11 is 1.25. The van der Waals surface area contributed by atoms with Crippen LogP contribution in [0.1, 0.15) is 58.2 Å². The second-order valence-electron chi connectivity index (χ2n) is 9.17. The van der Waals surface area contributed by atoms with Crippen LogP contribution in [-0.2, 0) is 17.8 Å². The molecule has 1 aliphatic heterocycles. The van der Waals surface area contributed by atoms with Crippen LogP contribution in [0.3, 0.4) is 0 Å². The van der Waals surface area contributed by atoms with Gasteiger partial charge in [0, 0.05) is 30.8 Å². The summed E-state index contributed by atoms with van der Waals surface area (Å²) in [7, 11) is 0. The maximum absolute atomic E-state index is 13.2. The summed E-state index contributed by atoms with van der Waals surface area (Å²) in [5, 5.41) is 16.5. The summed E-state index contributed by atoms with van der Waals surface area (Å²) in [5.41, 5.74) is 5.50. The van der Waals surface area contributed by atoms with Crippen LogP contribution in [0.4, 0.5) is 0 Å². The van der Waals surface area contributed by atoms with Crippen molar-refractivity contribution in [1.82, 2.24) is 15.5 Å². The number of carboxylic acids is 1. The van der Waals surface area contributed by atoms with Crippen molar-refractivity contribution >= 4 is 35.0 Å². The molecule has 0 bridgehead atoms. The quantitative estimate of drug-likeness (QED) is 0.442. The Bertz CT molecular complexity index is 1370. The molecule has 2 aromatic carbocycles. The Hall–Kier alpha value is -3.98. The predicted molar refractivity (Wildman–Crippen MR) is 141 cm³/mol. The van der Waals surface area contributed by atoms with Gasteiger partial charge in [0.15, 0.2) is 0 Å². The molecule has 1 aromatic heterocycles. The molecule has 0 saturated carbocycles. The summed E-state index contributed by atoms with van der Waals surface area (Å²) in [4.78, 5) is 52.6. The zero-order valence-electron chi connectivity index (χ0n) is 21.0. The smallest absolute Gasteiger partial charge is 0.328 e. The minimum absolute atomic E-state index is 0.0187. The molecule has 0 aliphatic carbocycles. The van der Waals surface area contributed by atoms with E-state index in [1.807, 2.05) is 49.1 Å². The maximum atomic E-state index is 13.2. The maximum Gasteiger partial charge on any atom is 0.328 e. The number of aryl methyl sites for hydroxylation is 2. The number of amides is 3. The Morgan fingerprint density at radius 2 is 1.78 bits per heavy atom. The highest BCUT2D eigenvalue weighted by atomic mass is 32.1. The molecule has 0 spiro atoms. The van der Waals surface area contributed by atoms with Crippen molar-refractivity contribution in [3.8, 4) is 0 Å². The number of hydrogen-bond acceptors (Lipinski definition) is 5. The lowest BCUT2D eigenvalue weighted by atomic mass is 9.88. The van der Waals surface area contributed by atoms with Crippen LogP contribution in [0, 0.1) is 20.8 Å². The molecule has 0 saturated heterocycles. The average molecular weight is 520 g/mol. The molecule has 1 aliphatic rings. The second kappa shape index (κ2) is 11.0. The Balaban J connectivity index is 1.49. The number of rotatable bonds is 7. The summed E-state index contributed by atoms with van der Waals surface area (Å²) in [6, 6.07) is 11.5. The number of fused-ring (bicyclic) bond motifs is 1. The third kappa shape index (κ3) is 5.56. The standard InChI is InChI=1S/C28H29N3O5S/c1-16-7-4-5-8-20(16)27(34)31-11-10-21-18(3)24(17(2)13-19(21)15-31)26(33)30-22(28(35)36)14-29-25(32)23-9-6-12-37-23/h4-9,12-13,22H,10-11,14-15H2,1-3H3,(H,29,32)(H,30,33)(H,35,36)/t22-/m0/s1. The van der Waals surface area contributed by atoms with E-state index in [-0.39, 0.29) is 18.4 Å². The zero-order valence-corrected chi connectivity index (χ0v) is 21.8. The SMILES string of the molecule is Cc1ccccc1C(=O)N1CCc2c(cc(C)c(C(=O)N[C@@H](CNC(=O)c3cccs3)C(=O)O)c2C)C1. The van der Waals surface area contributed by atoms with Gasteiger partial charge in [-0.3, -0.25) is 14.4 Å². The van der Waals surface area contributed by atoms with Gasteiger partial charge in [-0.25, -0.2) is 4.79 Å². The van der Waals surface area contributed by atoms with Crippen LogP contribution in [0.2, 0.25) is 0 Å². The van der Waals surface area contributed by atoms with Gasteiger partial charge in [-0.05, 0) is 72.5 Å². The molecule has 192 valence electrons. The first-order valence-corrected chi connectivity index (χ1v) is 12.9. The molecule has 37 heavy (non-hydrogen) atoms. The van der Waals surface area contributed by atoms with Crippen molar-refractivity contribution in [3.63, 3.8) is 0 Å². The number of thiophene rings is 1. The lowest BCUT2D eigenvalue weighted by Gasteiger charge is -2.31. The van der Waals surface area contributed by atoms with Gasteiger partial charge in [-0.15, -0.1) is 11.3 Å². The molecule has 3 amide bonds. The van der Waals surface area contributed by atoms with Crippen molar-refractivity contribution in [1.29, 1.82) is 0 Å². The van der Waals surface area contributed by atoms with Crippen molar-refractivity contribution < 1.29 is 24.3 Å². The van der Waals surface area contributed by atoms with Crippen LogP contribution in [0.25, 0.3) is 0 Å². The molecular formula is C28H29N3O5S. The van der Waals surface area contributed by atoms with E-state index in [4.69, 9.17) is 0 Å². The van der Waals surface area contributed by atoms with E-state index in [1.165, 1.54) is 11.3 Å². The molecular weight excluding hydrogens is 490 g/mol. The second-order valence-corrected chi connectivity index (χ2v) is 10.1. The number of carboxylic acid groups (broad SMARTS) is 1. The van der Waals surface area contributed by atoms with E-state index in [9.17, 15) is 24.3 Å². The van der Waals surface area contributed by atoms with E-state index in [0.29, 0.717) is 41.1 Å².